The van der Waals surface area contributed by atoms with Crippen LogP contribution in [0.1, 0.15) is 50.7 Å². The van der Waals surface area contributed by atoms with Gasteiger partial charge in [-0.25, -0.2) is 14.8 Å². The summed E-state index contributed by atoms with van der Waals surface area (Å²) in [6, 6.07) is 15.6. The van der Waals surface area contributed by atoms with Gasteiger partial charge in [0.2, 0.25) is 5.43 Å². The van der Waals surface area contributed by atoms with E-state index < -0.39 is 22.6 Å². The second-order valence-electron chi connectivity index (χ2n) is 26.8. The molecule has 85 heavy (non-hydrogen) atoms. The maximum absolute atomic E-state index is 17.3. The number of fused-ring (bicyclic) bond motifs is 9. The monoisotopic (exact) mass is 1070 g/mol. The molecule has 0 aliphatic heterocycles. The number of para-hydroxylation sites is 1. The minimum Gasteiger partial charge on any atom is -0.462 e. The van der Waals surface area contributed by atoms with Gasteiger partial charge in [0.25, 0.3) is 0 Å². The summed E-state index contributed by atoms with van der Waals surface area (Å²) in [4.78, 5) is 91.7. The summed E-state index contributed by atoms with van der Waals surface area (Å²) in [5.74, 6) is -0.519. The molecule has 27 aromatic rings. The van der Waals surface area contributed by atoms with Gasteiger partial charge in [-0.2, -0.15) is 0 Å². The second-order valence-corrected chi connectivity index (χ2v) is 26.8. The Balaban J connectivity index is 1.04. The maximum atomic E-state index is 17.3. The highest BCUT2D eigenvalue weighted by atomic mass is 16.5. The maximum Gasteiger partial charge on any atom is 0.338 e. The molecule has 2 atom stereocenters. The molecule has 0 bridgehead atoms. The number of nitrogens with zero attached hydrogens (tertiary/aromatic N) is 2. The van der Waals surface area contributed by atoms with Crippen LogP contribution in [0.25, 0.3) is 248 Å². The number of hydrogen-bond acceptors (Lipinski definition) is 10. The third-order valence-corrected chi connectivity index (χ3v) is 24.8. The highest BCUT2D eigenvalue weighted by molar-refractivity contribution is 6.78. The van der Waals surface area contributed by atoms with Crippen molar-refractivity contribution in [3.63, 3.8) is 0 Å². The predicted molar refractivity (Wildman–Crippen MR) is 335 cm³/mol. The molecule has 374 valence electrons. The van der Waals surface area contributed by atoms with E-state index in [0.29, 0.717) is 76.4 Å². The molecular formula is C75H16N2O8. The molecule has 0 spiro atoms. The number of carbonyl (C=O) groups is 1. The number of rotatable bonds is 4. The average Bonchev–Trinajstić information content (AvgIpc) is 1.40. The van der Waals surface area contributed by atoms with Crippen LogP contribution in [0.3, 0.4) is 0 Å². The SMILES string of the molecule is CCOC(=O)c1ccc(N=c2c3c(c(=Nc4ccccc4)c2=O)[C@]2(O)c4c5c6c7c(c8c(=O)c9c%10c(=O)c%11c%12c(=O)c%13c2c2c4c4c6c6c%14c7c7c8c9c8c9c%10c%11c%10c%11c%12c%13c%12c2c2c4c6c4c6c%14c7c8c7c9c%10c8c%11c%12c2c4c8c76)[C@@]35O)cc1. The van der Waals surface area contributed by atoms with Crippen molar-refractivity contribution < 1.29 is 19.7 Å². The molecule has 0 unspecified atom stereocenters. The minimum absolute atomic E-state index is 0.00508. The summed E-state index contributed by atoms with van der Waals surface area (Å²) in [6.07, 6.45) is 0. The Labute approximate surface area is 462 Å². The molecule has 30 rings (SSSR count). The van der Waals surface area contributed by atoms with Crippen molar-refractivity contribution in [3.8, 4) is 0 Å². The first kappa shape index (κ1) is 37.2. The number of carbonyl (C=O) groups excluding carboxylic acids is 1. The van der Waals surface area contributed by atoms with Crippen LogP contribution in [-0.4, -0.2) is 22.8 Å². The van der Waals surface area contributed by atoms with Crippen LogP contribution in [0.2, 0.25) is 0 Å². The van der Waals surface area contributed by atoms with Gasteiger partial charge in [0.15, 0.2) is 16.3 Å². The standard InChI is InChI=1S/C75H16N2O8/c1-2-85-73(82)12-8-10-14(11-9-12)77-68-66-65(67(72(68)81)76-13-6-4-3-5-7-13)74(83)61-51-41-31-22-17-15-16-18-19(17)30-33(31)43-44-34(30)32-23(18)29-27-21(16)25-24-20(15)26-28(22)39(41)49-47-37(26)35(24)45-46-36(25)38(27)48-50-40(29)42(32)52-54(44)64(63(74)53(43)51)75(66,84)62(52)60(50)71(80)58(48)56(46)69(78)55(45)57(47)70(79)59(49)61/h3-11,83-84H,2H2,1H3/t74-,75+/m1/s1. The third-order valence-electron chi connectivity index (χ3n) is 24.8. The normalized spacial score (nSPS) is 19.8. The zero-order chi connectivity index (χ0) is 54.0. The van der Waals surface area contributed by atoms with Crippen molar-refractivity contribution in [1.82, 2.24) is 0 Å². The molecule has 0 fully saturated rings. The van der Waals surface area contributed by atoms with Gasteiger partial charge in [0.05, 0.1) is 23.5 Å². The van der Waals surface area contributed by atoms with E-state index in [2.05, 4.69) is 0 Å². The second kappa shape index (κ2) is 9.49. The lowest BCUT2D eigenvalue weighted by Gasteiger charge is -2.41. The Hall–Kier alpha value is -10.9. The molecule has 27 aromatic carbocycles. The smallest absolute Gasteiger partial charge is 0.338 e. The Morgan fingerprint density at radius 2 is 0.576 bits per heavy atom. The van der Waals surface area contributed by atoms with E-state index in [1.807, 2.05) is 18.2 Å². The predicted octanol–water partition coefficient (Wildman–Crippen LogP) is 13.2. The van der Waals surface area contributed by atoms with Crippen molar-refractivity contribution in [3.05, 3.63) is 145 Å². The molecule has 10 nitrogen and oxygen atoms in total. The zero-order valence-electron chi connectivity index (χ0n) is 43.1. The number of benzene rings is 17. The Bertz CT molecular complexity index is 8370. The van der Waals surface area contributed by atoms with Crippen molar-refractivity contribution in [2.45, 2.75) is 18.1 Å². The highest BCUT2D eigenvalue weighted by Gasteiger charge is 2.64. The lowest BCUT2D eigenvalue weighted by atomic mass is 9.66. The summed E-state index contributed by atoms with van der Waals surface area (Å²) in [6.45, 7) is 1.92. The number of hydrogen-bond donors (Lipinski definition) is 2. The van der Waals surface area contributed by atoms with Crippen LogP contribution in [0.5, 0.6) is 0 Å². The summed E-state index contributed by atoms with van der Waals surface area (Å²) in [5.41, 5.74) is -4.00. The van der Waals surface area contributed by atoms with Crippen molar-refractivity contribution in [2.75, 3.05) is 6.61 Å². The molecule has 0 amide bonds. The topological polar surface area (TPSA) is 160 Å². The fraction of sp³-hybridized carbons (Fsp3) is 0.0533. The largest absolute Gasteiger partial charge is 0.462 e. The molecule has 3 aliphatic rings. The highest BCUT2D eigenvalue weighted by Crippen LogP contribution is 2.78. The lowest BCUT2D eigenvalue weighted by Crippen LogP contribution is -2.46. The summed E-state index contributed by atoms with van der Waals surface area (Å²) < 4.78 is 5.37. The number of esters is 1. The zero-order valence-corrected chi connectivity index (χ0v) is 43.1. The molecule has 0 heterocycles. The van der Waals surface area contributed by atoms with Crippen molar-refractivity contribution >= 4 is 265 Å². The van der Waals surface area contributed by atoms with Gasteiger partial charge in [-0.1, -0.05) is 18.2 Å². The molecule has 0 radical (unpaired) electrons. The van der Waals surface area contributed by atoms with Crippen molar-refractivity contribution in [1.29, 1.82) is 0 Å². The fourth-order valence-corrected chi connectivity index (χ4v) is 23.3. The van der Waals surface area contributed by atoms with Crippen LogP contribution in [-0.2, 0) is 15.9 Å². The van der Waals surface area contributed by atoms with Crippen LogP contribution in [0, 0.1) is 0 Å². The first-order valence-electron chi connectivity index (χ1n) is 29.3. The van der Waals surface area contributed by atoms with Crippen molar-refractivity contribution in [2.24, 2.45) is 9.98 Å². The summed E-state index contributed by atoms with van der Waals surface area (Å²) >= 11 is 0. The molecule has 0 saturated carbocycles. The first-order chi connectivity index (χ1) is 41.6. The molecule has 0 aromatic heterocycles. The third kappa shape index (κ3) is 2.53. The fourth-order valence-electron chi connectivity index (χ4n) is 23.3. The first-order valence-corrected chi connectivity index (χ1v) is 29.3. The van der Waals surface area contributed by atoms with Crippen LogP contribution >= 0.6 is 0 Å². The molecular weight excluding hydrogens is 1060 g/mol. The van der Waals surface area contributed by atoms with Gasteiger partial charge in [0.1, 0.15) is 21.9 Å². The molecule has 0 saturated heterocycles. The van der Waals surface area contributed by atoms with E-state index in [4.69, 9.17) is 14.7 Å². The molecule has 10 heteroatoms. The summed E-state index contributed by atoms with van der Waals surface area (Å²) in [7, 11) is 0. The molecule has 3 aliphatic carbocycles. The van der Waals surface area contributed by atoms with Gasteiger partial charge in [0, 0.05) is 184 Å². The van der Waals surface area contributed by atoms with Gasteiger partial charge in [-0.3, -0.25) is 19.2 Å². The Morgan fingerprint density at radius 1 is 0.318 bits per heavy atom. The minimum atomic E-state index is -2.39. The number of ether oxygens (including phenoxy) is 1. The van der Waals surface area contributed by atoms with E-state index in [1.54, 1.807) is 43.3 Å². The van der Waals surface area contributed by atoms with Gasteiger partial charge >= 0.3 is 5.97 Å². The quantitative estimate of drug-likeness (QED) is 0.130. The molecule has 2 N–H and O–H groups in total. The van der Waals surface area contributed by atoms with Gasteiger partial charge in [-0.05, 0) is 140 Å². The van der Waals surface area contributed by atoms with Gasteiger partial charge < -0.3 is 14.9 Å². The van der Waals surface area contributed by atoms with Crippen LogP contribution in [0.4, 0.5) is 11.4 Å². The summed E-state index contributed by atoms with van der Waals surface area (Å²) in [5, 5.41) is 73.8. The number of aliphatic hydroxyl groups is 2. The Morgan fingerprint density at radius 3 is 0.894 bits per heavy atom. The van der Waals surface area contributed by atoms with E-state index >= 15 is 29.4 Å². The van der Waals surface area contributed by atoms with E-state index in [0.717, 1.165) is 145 Å². The van der Waals surface area contributed by atoms with Gasteiger partial charge in [-0.15, -0.1) is 0 Å². The van der Waals surface area contributed by atoms with E-state index in [-0.39, 0.29) is 56.0 Å². The average molecular weight is 1070 g/mol. The van der Waals surface area contributed by atoms with E-state index in [9.17, 15) is 4.79 Å². The van der Waals surface area contributed by atoms with Crippen LogP contribution < -0.4 is 32.4 Å². The Kier molecular flexibility index (Phi) is 4.16. The van der Waals surface area contributed by atoms with Crippen LogP contribution in [0.15, 0.2) is 83.8 Å². The lowest BCUT2D eigenvalue weighted by molar-refractivity contribution is 0.0526. The van der Waals surface area contributed by atoms with E-state index in [1.165, 1.54) is 53.9 Å².